The van der Waals surface area contributed by atoms with Gasteiger partial charge in [0.1, 0.15) is 0 Å². The highest BCUT2D eigenvalue weighted by Crippen LogP contribution is 2.33. The van der Waals surface area contributed by atoms with E-state index in [4.69, 9.17) is 10.5 Å². The highest BCUT2D eigenvalue weighted by atomic mass is 19.1. The van der Waals surface area contributed by atoms with Crippen LogP contribution in [-0.4, -0.2) is 7.11 Å². The van der Waals surface area contributed by atoms with Gasteiger partial charge in [-0.3, -0.25) is 0 Å². The molecule has 1 saturated carbocycles. The first-order chi connectivity index (χ1) is 8.22. The highest BCUT2D eigenvalue weighted by Gasteiger charge is 2.22. The molecule has 2 rings (SSSR count). The summed E-state index contributed by atoms with van der Waals surface area (Å²) < 4.78 is 18.5. The molecule has 0 saturated heterocycles. The van der Waals surface area contributed by atoms with Gasteiger partial charge in [0.2, 0.25) is 0 Å². The Morgan fingerprint density at radius 3 is 2.59 bits per heavy atom. The second-order valence-electron chi connectivity index (χ2n) is 4.82. The molecule has 3 heteroatoms. The van der Waals surface area contributed by atoms with E-state index in [0.29, 0.717) is 5.92 Å². The smallest absolute Gasteiger partial charge is 0.165 e. The molecule has 0 aromatic heterocycles. The lowest BCUT2D eigenvalue weighted by Gasteiger charge is -2.27. The summed E-state index contributed by atoms with van der Waals surface area (Å²) in [5, 5.41) is 0. The molecule has 94 valence electrons. The quantitative estimate of drug-likeness (QED) is 0.874. The van der Waals surface area contributed by atoms with Crippen LogP contribution in [0.3, 0.4) is 0 Å². The summed E-state index contributed by atoms with van der Waals surface area (Å²) in [4.78, 5) is 0. The van der Waals surface area contributed by atoms with Gasteiger partial charge in [-0.05, 0) is 36.5 Å². The maximum Gasteiger partial charge on any atom is 0.165 e. The summed E-state index contributed by atoms with van der Waals surface area (Å²) in [6.07, 6.45) is 6.12. The first-order valence-electron chi connectivity index (χ1n) is 6.31. The van der Waals surface area contributed by atoms with Gasteiger partial charge < -0.3 is 10.5 Å². The topological polar surface area (TPSA) is 35.2 Å². The van der Waals surface area contributed by atoms with E-state index in [1.165, 1.54) is 32.4 Å². The summed E-state index contributed by atoms with van der Waals surface area (Å²) in [6.45, 7) is 0. The van der Waals surface area contributed by atoms with Crippen molar-refractivity contribution in [2.75, 3.05) is 7.11 Å². The van der Waals surface area contributed by atoms with Crippen LogP contribution < -0.4 is 10.5 Å². The summed E-state index contributed by atoms with van der Waals surface area (Å²) >= 11 is 0. The van der Waals surface area contributed by atoms with Gasteiger partial charge in [-0.1, -0.05) is 25.3 Å². The zero-order valence-electron chi connectivity index (χ0n) is 10.3. The molecule has 0 radical (unpaired) electrons. The number of ether oxygens (including phenoxy) is 1. The Morgan fingerprint density at radius 2 is 2.00 bits per heavy atom. The van der Waals surface area contributed by atoms with Gasteiger partial charge in [0.15, 0.2) is 11.6 Å². The monoisotopic (exact) mass is 237 g/mol. The first kappa shape index (κ1) is 12.4. The number of hydrogen-bond acceptors (Lipinski definition) is 2. The van der Waals surface area contributed by atoms with Gasteiger partial charge in [0, 0.05) is 6.04 Å². The molecule has 2 nitrogen and oxygen atoms in total. The maximum absolute atomic E-state index is 13.6. The third kappa shape index (κ3) is 2.78. The molecule has 1 unspecified atom stereocenters. The van der Waals surface area contributed by atoms with E-state index in [1.54, 1.807) is 6.07 Å². The van der Waals surface area contributed by atoms with Crippen LogP contribution in [0, 0.1) is 11.7 Å². The summed E-state index contributed by atoms with van der Waals surface area (Å²) in [5.74, 6) is 0.456. The van der Waals surface area contributed by atoms with Gasteiger partial charge in [-0.15, -0.1) is 0 Å². The fraction of sp³-hybridized carbons (Fsp3) is 0.571. The van der Waals surface area contributed by atoms with Crippen molar-refractivity contribution in [2.24, 2.45) is 11.7 Å². The molecule has 0 spiro atoms. The van der Waals surface area contributed by atoms with Gasteiger partial charge in [0.05, 0.1) is 7.11 Å². The van der Waals surface area contributed by atoms with Crippen molar-refractivity contribution in [3.8, 4) is 5.75 Å². The van der Waals surface area contributed by atoms with Crippen molar-refractivity contribution in [1.29, 1.82) is 0 Å². The zero-order chi connectivity index (χ0) is 12.3. The molecule has 0 amide bonds. The van der Waals surface area contributed by atoms with E-state index < -0.39 is 0 Å². The predicted octanol–water partition coefficient (Wildman–Crippen LogP) is 3.41. The van der Waals surface area contributed by atoms with Crippen molar-refractivity contribution in [3.05, 3.63) is 29.6 Å². The molecule has 1 aromatic carbocycles. The normalized spacial score (nSPS) is 19.0. The Kier molecular flexibility index (Phi) is 4.00. The van der Waals surface area contributed by atoms with Crippen LogP contribution in [0.15, 0.2) is 18.2 Å². The minimum absolute atomic E-state index is 0.0456. The Hall–Kier alpha value is -1.09. The fourth-order valence-electron chi connectivity index (χ4n) is 2.66. The van der Waals surface area contributed by atoms with E-state index in [1.807, 2.05) is 6.07 Å². The molecule has 1 aliphatic carbocycles. The number of benzene rings is 1. The number of nitrogens with two attached hydrogens (primary N) is 1. The molecule has 0 bridgehead atoms. The average Bonchev–Trinajstić information content (AvgIpc) is 2.39. The number of halogens is 1. The fourth-order valence-corrected chi connectivity index (χ4v) is 2.66. The number of methoxy groups -OCH3 is 1. The van der Waals surface area contributed by atoms with Crippen LogP contribution in [0.1, 0.15) is 43.7 Å². The van der Waals surface area contributed by atoms with Gasteiger partial charge in [0.25, 0.3) is 0 Å². The lowest BCUT2D eigenvalue weighted by Crippen LogP contribution is -2.23. The second kappa shape index (κ2) is 5.50. The van der Waals surface area contributed by atoms with Gasteiger partial charge in [-0.2, -0.15) is 0 Å². The van der Waals surface area contributed by atoms with E-state index >= 15 is 0 Å². The molecule has 17 heavy (non-hydrogen) atoms. The highest BCUT2D eigenvalue weighted by molar-refractivity contribution is 5.31. The van der Waals surface area contributed by atoms with E-state index in [9.17, 15) is 4.39 Å². The van der Waals surface area contributed by atoms with Crippen LogP contribution in [0.2, 0.25) is 0 Å². The lowest BCUT2D eigenvalue weighted by atomic mass is 9.81. The van der Waals surface area contributed by atoms with E-state index in [0.717, 1.165) is 18.4 Å². The van der Waals surface area contributed by atoms with Crippen molar-refractivity contribution in [2.45, 2.75) is 38.1 Å². The number of hydrogen-bond donors (Lipinski definition) is 1. The van der Waals surface area contributed by atoms with Crippen molar-refractivity contribution < 1.29 is 9.13 Å². The van der Waals surface area contributed by atoms with Crippen LogP contribution in [0.4, 0.5) is 4.39 Å². The minimum atomic E-state index is -0.323. The molecule has 1 aliphatic rings. The third-order valence-corrected chi connectivity index (χ3v) is 3.72. The Bertz CT molecular complexity index is 374. The first-order valence-corrected chi connectivity index (χ1v) is 6.31. The molecular weight excluding hydrogens is 217 g/mol. The largest absolute Gasteiger partial charge is 0.494 e. The van der Waals surface area contributed by atoms with Crippen LogP contribution >= 0.6 is 0 Å². The van der Waals surface area contributed by atoms with Gasteiger partial charge in [-0.25, -0.2) is 4.39 Å². The average molecular weight is 237 g/mol. The molecule has 2 N–H and O–H groups in total. The molecule has 0 heterocycles. The van der Waals surface area contributed by atoms with Crippen molar-refractivity contribution >= 4 is 0 Å². The maximum atomic E-state index is 13.6. The number of rotatable bonds is 3. The van der Waals surface area contributed by atoms with Crippen LogP contribution in [-0.2, 0) is 0 Å². The molecular formula is C14H20FNO. The Morgan fingerprint density at radius 1 is 1.29 bits per heavy atom. The summed E-state index contributed by atoms with van der Waals surface area (Å²) in [7, 11) is 1.47. The summed E-state index contributed by atoms with van der Waals surface area (Å²) in [5.41, 5.74) is 7.11. The molecule has 0 aliphatic heterocycles. The van der Waals surface area contributed by atoms with Crippen LogP contribution in [0.25, 0.3) is 0 Å². The lowest BCUT2D eigenvalue weighted by molar-refractivity contribution is 0.307. The SMILES string of the molecule is COc1ccc(C(N)C2CCCCC2)cc1F. The van der Waals surface area contributed by atoms with Crippen molar-refractivity contribution in [1.82, 2.24) is 0 Å². The molecule has 1 atom stereocenters. The molecule has 1 fully saturated rings. The second-order valence-corrected chi connectivity index (χ2v) is 4.82. The Labute approximate surface area is 102 Å². The predicted molar refractivity (Wildman–Crippen MR) is 66.5 cm³/mol. The minimum Gasteiger partial charge on any atom is -0.494 e. The summed E-state index contributed by atoms with van der Waals surface area (Å²) in [6, 6.07) is 5.00. The Balaban J connectivity index is 2.12. The van der Waals surface area contributed by atoms with E-state index in [2.05, 4.69) is 0 Å². The van der Waals surface area contributed by atoms with Gasteiger partial charge >= 0.3 is 0 Å². The standard InChI is InChI=1S/C14H20FNO/c1-17-13-8-7-11(9-12(13)15)14(16)10-5-3-2-4-6-10/h7-10,14H,2-6,16H2,1H3. The van der Waals surface area contributed by atoms with E-state index in [-0.39, 0.29) is 17.6 Å². The third-order valence-electron chi connectivity index (χ3n) is 3.72. The zero-order valence-corrected chi connectivity index (χ0v) is 10.3. The molecule has 1 aromatic rings. The van der Waals surface area contributed by atoms with Crippen molar-refractivity contribution in [3.63, 3.8) is 0 Å². The van der Waals surface area contributed by atoms with Crippen LogP contribution in [0.5, 0.6) is 5.75 Å².